The first-order valence-corrected chi connectivity index (χ1v) is 11.4. The Morgan fingerprint density at radius 2 is 1.77 bits per heavy atom. The van der Waals surface area contributed by atoms with E-state index in [4.69, 9.17) is 16.3 Å². The van der Waals surface area contributed by atoms with Crippen LogP contribution < -0.4 is 10.0 Å². The molecule has 1 amide bonds. The third kappa shape index (κ3) is 6.57. The summed E-state index contributed by atoms with van der Waals surface area (Å²) in [5.41, 5.74) is -0.222. The van der Waals surface area contributed by atoms with Gasteiger partial charge in [0.2, 0.25) is 5.91 Å². The third-order valence-corrected chi connectivity index (χ3v) is 6.23. The normalized spacial score (nSPS) is 13.4. The number of rotatable bonds is 9. The highest BCUT2D eigenvalue weighted by Crippen LogP contribution is 2.24. The van der Waals surface area contributed by atoms with Crippen molar-refractivity contribution in [3.63, 3.8) is 0 Å². The number of benzene rings is 2. The van der Waals surface area contributed by atoms with E-state index in [1.165, 1.54) is 31.4 Å². The number of carbonyl (C=O) groups excluding carboxylic acids is 2. The van der Waals surface area contributed by atoms with E-state index in [2.05, 4.69) is 10.0 Å². The van der Waals surface area contributed by atoms with Crippen LogP contribution in [0.15, 0.2) is 59.5 Å². The predicted molar refractivity (Wildman–Crippen MR) is 121 cm³/mol. The van der Waals surface area contributed by atoms with E-state index in [9.17, 15) is 18.0 Å². The minimum atomic E-state index is -3.82. The number of anilines is 1. The van der Waals surface area contributed by atoms with E-state index in [0.717, 1.165) is 0 Å². The molecule has 9 heteroatoms. The van der Waals surface area contributed by atoms with E-state index >= 15 is 0 Å². The number of amides is 1. The lowest BCUT2D eigenvalue weighted by atomic mass is 9.96. The van der Waals surface area contributed by atoms with Gasteiger partial charge in [-0.1, -0.05) is 49.2 Å². The minimum Gasteiger partial charge on any atom is -0.467 e. The highest BCUT2D eigenvalue weighted by molar-refractivity contribution is 7.92. The lowest BCUT2D eigenvalue weighted by Crippen LogP contribution is -2.52. The van der Waals surface area contributed by atoms with Gasteiger partial charge in [0.25, 0.3) is 10.0 Å². The summed E-state index contributed by atoms with van der Waals surface area (Å²) >= 11 is 6.01. The lowest BCUT2D eigenvalue weighted by Gasteiger charge is -2.26. The van der Waals surface area contributed by atoms with Crippen molar-refractivity contribution in [3.05, 3.63) is 65.2 Å². The molecule has 0 aliphatic rings. The van der Waals surface area contributed by atoms with Crippen molar-refractivity contribution in [2.24, 2.45) is 0 Å². The number of nitrogens with one attached hydrogen (secondary N) is 2. The molecule has 31 heavy (non-hydrogen) atoms. The topological polar surface area (TPSA) is 102 Å². The van der Waals surface area contributed by atoms with E-state index in [1.807, 2.05) is 6.92 Å². The van der Waals surface area contributed by atoms with Crippen molar-refractivity contribution in [1.82, 2.24) is 5.32 Å². The van der Waals surface area contributed by atoms with Gasteiger partial charge in [-0.3, -0.25) is 9.52 Å². The van der Waals surface area contributed by atoms with Gasteiger partial charge >= 0.3 is 5.97 Å². The van der Waals surface area contributed by atoms with Crippen LogP contribution in [0, 0.1) is 0 Å². The van der Waals surface area contributed by atoms with Crippen molar-refractivity contribution in [2.45, 2.75) is 37.1 Å². The van der Waals surface area contributed by atoms with Crippen LogP contribution >= 0.6 is 11.6 Å². The molecular weight excluding hydrogens is 440 g/mol. The molecule has 2 aromatic rings. The van der Waals surface area contributed by atoms with Gasteiger partial charge in [-0.15, -0.1) is 0 Å². The zero-order chi connectivity index (χ0) is 23.1. The Bertz CT molecular complexity index is 1070. The molecule has 1 unspecified atom stereocenters. The van der Waals surface area contributed by atoms with Gasteiger partial charge in [0.1, 0.15) is 5.54 Å². The van der Waals surface area contributed by atoms with Crippen molar-refractivity contribution >= 4 is 45.3 Å². The Hall–Kier alpha value is -2.84. The maximum Gasteiger partial charge on any atom is 0.331 e. The molecule has 0 saturated carbocycles. The van der Waals surface area contributed by atoms with Crippen molar-refractivity contribution in [3.8, 4) is 0 Å². The molecule has 0 saturated heterocycles. The van der Waals surface area contributed by atoms with Crippen LogP contribution in [0.2, 0.25) is 5.02 Å². The summed E-state index contributed by atoms with van der Waals surface area (Å²) in [5.74, 6) is -0.977. The summed E-state index contributed by atoms with van der Waals surface area (Å²) in [6.45, 7) is 3.51. The first kappa shape index (κ1) is 24.4. The van der Waals surface area contributed by atoms with E-state index in [1.54, 1.807) is 43.3 Å². The van der Waals surface area contributed by atoms with Crippen LogP contribution in [0.3, 0.4) is 0 Å². The number of halogens is 1. The largest absolute Gasteiger partial charge is 0.467 e. The molecule has 0 aliphatic heterocycles. The Morgan fingerprint density at radius 3 is 2.35 bits per heavy atom. The second-order valence-electron chi connectivity index (χ2n) is 7.05. The molecule has 2 aromatic carbocycles. The number of ether oxygens (including phenoxy) is 1. The predicted octanol–water partition coefficient (Wildman–Crippen LogP) is 4.00. The molecule has 0 heterocycles. The third-order valence-electron chi connectivity index (χ3n) is 4.52. The first-order chi connectivity index (χ1) is 14.6. The molecule has 166 valence electrons. The van der Waals surface area contributed by atoms with Gasteiger partial charge in [-0.25, -0.2) is 13.2 Å². The SMILES string of the molecule is CCCC(C)(NC(=O)/C=C/c1ccc(S(=O)(=O)Nc2ccccc2Cl)cc1)C(=O)OC. The van der Waals surface area contributed by atoms with Crippen molar-refractivity contribution in [1.29, 1.82) is 0 Å². The first-order valence-electron chi connectivity index (χ1n) is 9.57. The molecule has 0 radical (unpaired) electrons. The van der Waals surface area contributed by atoms with Gasteiger partial charge in [0.15, 0.2) is 0 Å². The second-order valence-corrected chi connectivity index (χ2v) is 9.14. The van der Waals surface area contributed by atoms with Crippen molar-refractivity contribution in [2.75, 3.05) is 11.8 Å². The smallest absolute Gasteiger partial charge is 0.331 e. The number of esters is 1. The zero-order valence-electron chi connectivity index (χ0n) is 17.5. The van der Waals surface area contributed by atoms with Gasteiger partial charge in [-0.05, 0) is 49.2 Å². The Labute approximate surface area is 187 Å². The average molecular weight is 465 g/mol. The van der Waals surface area contributed by atoms with E-state index in [-0.39, 0.29) is 10.6 Å². The fraction of sp³-hybridized carbons (Fsp3) is 0.273. The highest BCUT2D eigenvalue weighted by atomic mass is 35.5. The van der Waals surface area contributed by atoms with Crippen LogP contribution in [0.4, 0.5) is 5.69 Å². The van der Waals surface area contributed by atoms with Gasteiger partial charge in [-0.2, -0.15) is 0 Å². The standard InChI is InChI=1S/C22H25ClN2O5S/c1-4-15-22(2,21(27)30-3)24-20(26)14-11-16-9-12-17(13-10-16)31(28,29)25-19-8-6-5-7-18(19)23/h5-14,25H,4,15H2,1-3H3,(H,24,26)/b14-11+. The molecule has 1 atom stereocenters. The number of carbonyl (C=O) groups is 2. The molecule has 2 rings (SSSR count). The highest BCUT2D eigenvalue weighted by Gasteiger charge is 2.34. The fourth-order valence-electron chi connectivity index (χ4n) is 2.93. The molecule has 0 spiro atoms. The average Bonchev–Trinajstić information content (AvgIpc) is 2.73. The van der Waals surface area contributed by atoms with E-state index in [0.29, 0.717) is 23.4 Å². The van der Waals surface area contributed by atoms with Crippen LogP contribution in [-0.4, -0.2) is 32.9 Å². The molecule has 2 N–H and O–H groups in total. The second kappa shape index (κ2) is 10.5. The minimum absolute atomic E-state index is 0.0511. The molecular formula is C22H25ClN2O5S. The van der Waals surface area contributed by atoms with E-state index < -0.39 is 27.4 Å². The summed E-state index contributed by atoms with van der Waals surface area (Å²) in [5, 5.41) is 2.96. The monoisotopic (exact) mass is 464 g/mol. The lowest BCUT2D eigenvalue weighted by molar-refractivity contribution is -0.150. The molecule has 0 aliphatic carbocycles. The summed E-state index contributed by atoms with van der Waals surface area (Å²) in [7, 11) is -2.54. The number of para-hydroxylation sites is 1. The number of methoxy groups -OCH3 is 1. The zero-order valence-corrected chi connectivity index (χ0v) is 19.1. The van der Waals surface area contributed by atoms with Crippen LogP contribution in [0.25, 0.3) is 6.08 Å². The van der Waals surface area contributed by atoms with Crippen LogP contribution in [-0.2, 0) is 24.3 Å². The molecule has 7 nitrogen and oxygen atoms in total. The molecule has 0 aromatic heterocycles. The van der Waals surface area contributed by atoms with Gasteiger partial charge < -0.3 is 10.1 Å². The quantitative estimate of drug-likeness (QED) is 0.431. The molecule has 0 bridgehead atoms. The maximum absolute atomic E-state index is 12.5. The number of hydrogen-bond acceptors (Lipinski definition) is 5. The number of hydrogen-bond donors (Lipinski definition) is 2. The maximum atomic E-state index is 12.5. The Morgan fingerprint density at radius 1 is 1.13 bits per heavy atom. The summed E-state index contributed by atoms with van der Waals surface area (Å²) in [6, 6.07) is 12.5. The summed E-state index contributed by atoms with van der Waals surface area (Å²) in [6.07, 6.45) is 3.93. The van der Waals surface area contributed by atoms with Gasteiger partial charge in [0, 0.05) is 6.08 Å². The van der Waals surface area contributed by atoms with Crippen LogP contribution in [0.1, 0.15) is 32.3 Å². The van der Waals surface area contributed by atoms with Crippen molar-refractivity contribution < 1.29 is 22.7 Å². The Balaban J connectivity index is 2.09. The fourth-order valence-corrected chi connectivity index (χ4v) is 4.25. The molecule has 0 fully saturated rings. The Kier molecular flexibility index (Phi) is 8.24. The summed E-state index contributed by atoms with van der Waals surface area (Å²) < 4.78 is 32.3. The van der Waals surface area contributed by atoms with Crippen LogP contribution in [0.5, 0.6) is 0 Å². The number of sulfonamides is 1. The summed E-state index contributed by atoms with van der Waals surface area (Å²) in [4.78, 5) is 24.3. The van der Waals surface area contributed by atoms with Gasteiger partial charge in [0.05, 0.1) is 22.7 Å².